The summed E-state index contributed by atoms with van der Waals surface area (Å²) in [6, 6.07) is 12.3. The molecule has 1 aliphatic heterocycles. The van der Waals surface area contributed by atoms with Crippen LogP contribution in [-0.2, 0) is 6.54 Å². The first-order valence-electron chi connectivity index (χ1n) is 9.21. The number of rotatable bonds is 5. The van der Waals surface area contributed by atoms with E-state index in [-0.39, 0.29) is 0 Å². The number of likely N-dealkylation sites (N-methyl/N-ethyl adjacent to an activating group) is 1. The van der Waals surface area contributed by atoms with E-state index in [9.17, 15) is 0 Å². The van der Waals surface area contributed by atoms with Gasteiger partial charge in [-0.3, -0.25) is 10.7 Å². The number of pyridine rings is 1. The maximum absolute atomic E-state index is 8.96. The summed E-state index contributed by atoms with van der Waals surface area (Å²) in [6.07, 6.45) is 4.02. The Bertz CT molecular complexity index is 939. The first-order chi connectivity index (χ1) is 13.2. The van der Waals surface area contributed by atoms with Gasteiger partial charge in [0.15, 0.2) is 0 Å². The molecule has 0 amide bonds. The molecule has 1 fully saturated rings. The molecule has 27 heavy (non-hydrogen) atoms. The Hall–Kier alpha value is -2.83. The van der Waals surface area contributed by atoms with Gasteiger partial charge in [0.2, 0.25) is 0 Å². The molecular weight excluding hydrogens is 338 g/mol. The Labute approximate surface area is 159 Å². The zero-order chi connectivity index (χ0) is 18.8. The smallest absolute Gasteiger partial charge is 0.142 e. The van der Waals surface area contributed by atoms with Crippen molar-refractivity contribution in [1.82, 2.24) is 19.9 Å². The minimum atomic E-state index is 0.492. The van der Waals surface area contributed by atoms with Crippen molar-refractivity contribution in [2.24, 2.45) is 0 Å². The number of anilines is 1. The van der Waals surface area contributed by atoms with Crippen LogP contribution in [0.4, 0.5) is 5.69 Å². The van der Waals surface area contributed by atoms with Gasteiger partial charge < -0.3 is 14.4 Å². The summed E-state index contributed by atoms with van der Waals surface area (Å²) in [6.45, 7) is 8.79. The third kappa shape index (κ3) is 3.54. The molecule has 2 aromatic heterocycles. The van der Waals surface area contributed by atoms with Gasteiger partial charge in [0.05, 0.1) is 5.70 Å². The van der Waals surface area contributed by atoms with Crippen LogP contribution < -0.4 is 10.4 Å². The van der Waals surface area contributed by atoms with Crippen molar-refractivity contribution >= 4 is 22.4 Å². The molecule has 0 bridgehead atoms. The Morgan fingerprint density at radius 1 is 1.11 bits per heavy atom. The van der Waals surface area contributed by atoms with Crippen LogP contribution in [-0.4, -0.2) is 52.9 Å². The van der Waals surface area contributed by atoms with Crippen molar-refractivity contribution in [3.8, 4) is 0 Å². The maximum Gasteiger partial charge on any atom is 0.142 e. The standard InChI is InChI=1S/C21H25N5O/c1-16(23-27)18-5-3-17(4-6-18)15-26-10-8-19-20(7-9-22-21(19)26)25-13-11-24(2)12-14-25/h3-10,23,27H,1,11-15H2,2H3. The Balaban J connectivity index is 1.58. The SMILES string of the molecule is C=C(NO)c1ccc(Cn2ccc3c(N4CCN(C)CC4)ccnc32)cc1. The quantitative estimate of drug-likeness (QED) is 0.683. The Kier molecular flexibility index (Phi) is 4.83. The van der Waals surface area contributed by atoms with Crippen LogP contribution in [0.15, 0.2) is 55.4 Å². The van der Waals surface area contributed by atoms with Gasteiger partial charge in [-0.05, 0) is 30.3 Å². The highest BCUT2D eigenvalue weighted by Gasteiger charge is 2.17. The van der Waals surface area contributed by atoms with E-state index in [2.05, 4.69) is 56.8 Å². The highest BCUT2D eigenvalue weighted by molar-refractivity contribution is 5.90. The van der Waals surface area contributed by atoms with Crippen molar-refractivity contribution in [2.45, 2.75) is 6.54 Å². The van der Waals surface area contributed by atoms with Gasteiger partial charge in [-0.2, -0.15) is 0 Å². The molecule has 1 aromatic carbocycles. The average Bonchev–Trinajstić information content (AvgIpc) is 3.11. The molecule has 3 heterocycles. The Morgan fingerprint density at radius 2 is 1.85 bits per heavy atom. The number of nitrogens with zero attached hydrogens (tertiary/aromatic N) is 4. The number of fused-ring (bicyclic) bond motifs is 1. The largest absolute Gasteiger partial charge is 0.368 e. The zero-order valence-corrected chi connectivity index (χ0v) is 15.6. The van der Waals surface area contributed by atoms with E-state index >= 15 is 0 Å². The van der Waals surface area contributed by atoms with E-state index in [1.54, 1.807) is 0 Å². The molecule has 0 spiro atoms. The van der Waals surface area contributed by atoms with E-state index in [1.807, 2.05) is 30.5 Å². The predicted octanol–water partition coefficient (Wildman–Crippen LogP) is 2.79. The van der Waals surface area contributed by atoms with Crippen LogP contribution in [0.3, 0.4) is 0 Å². The van der Waals surface area contributed by atoms with Gasteiger partial charge in [0.25, 0.3) is 0 Å². The van der Waals surface area contributed by atoms with E-state index in [1.165, 1.54) is 16.6 Å². The van der Waals surface area contributed by atoms with Crippen molar-refractivity contribution in [2.75, 3.05) is 38.1 Å². The third-order valence-electron chi connectivity index (χ3n) is 5.27. The zero-order valence-electron chi connectivity index (χ0n) is 15.6. The van der Waals surface area contributed by atoms with E-state index in [0.29, 0.717) is 5.70 Å². The van der Waals surface area contributed by atoms with Crippen LogP contribution >= 0.6 is 0 Å². The average molecular weight is 363 g/mol. The lowest BCUT2D eigenvalue weighted by Gasteiger charge is -2.34. The summed E-state index contributed by atoms with van der Waals surface area (Å²) in [5.41, 5.74) is 6.91. The van der Waals surface area contributed by atoms with Crippen LogP contribution in [0.25, 0.3) is 16.7 Å². The van der Waals surface area contributed by atoms with Crippen molar-refractivity contribution in [3.63, 3.8) is 0 Å². The molecule has 3 aromatic rings. The monoisotopic (exact) mass is 363 g/mol. The summed E-state index contributed by atoms with van der Waals surface area (Å²) in [5.74, 6) is 0. The van der Waals surface area contributed by atoms with Gasteiger partial charge in [0.1, 0.15) is 5.65 Å². The molecule has 6 nitrogen and oxygen atoms in total. The molecule has 0 atom stereocenters. The highest BCUT2D eigenvalue weighted by Crippen LogP contribution is 2.27. The summed E-state index contributed by atoms with van der Waals surface area (Å²) < 4.78 is 2.18. The van der Waals surface area contributed by atoms with Crippen molar-refractivity contribution in [1.29, 1.82) is 0 Å². The number of hydroxylamine groups is 1. The topological polar surface area (TPSA) is 56.6 Å². The van der Waals surface area contributed by atoms with E-state index < -0.39 is 0 Å². The number of aromatic nitrogens is 2. The van der Waals surface area contributed by atoms with Crippen molar-refractivity contribution < 1.29 is 5.21 Å². The molecule has 0 saturated carbocycles. The number of benzene rings is 1. The number of piperazine rings is 1. The second-order valence-electron chi connectivity index (χ2n) is 7.09. The Morgan fingerprint density at radius 3 is 2.56 bits per heavy atom. The fourth-order valence-corrected chi connectivity index (χ4v) is 3.60. The molecule has 2 N–H and O–H groups in total. The second-order valence-corrected chi connectivity index (χ2v) is 7.09. The number of hydrogen-bond donors (Lipinski definition) is 2. The molecule has 140 valence electrons. The summed E-state index contributed by atoms with van der Waals surface area (Å²) in [4.78, 5) is 9.46. The minimum absolute atomic E-state index is 0.492. The van der Waals surface area contributed by atoms with Gasteiger partial charge >= 0.3 is 0 Å². The van der Waals surface area contributed by atoms with Gasteiger partial charge in [-0.1, -0.05) is 30.8 Å². The third-order valence-corrected chi connectivity index (χ3v) is 5.27. The minimum Gasteiger partial charge on any atom is -0.368 e. The van der Waals surface area contributed by atoms with Gasteiger partial charge in [-0.25, -0.2) is 4.98 Å². The van der Waals surface area contributed by atoms with Gasteiger partial charge in [0, 0.05) is 56.2 Å². The first-order valence-corrected chi connectivity index (χ1v) is 9.21. The first kappa shape index (κ1) is 17.6. The summed E-state index contributed by atoms with van der Waals surface area (Å²) in [5, 5.41) is 10.2. The van der Waals surface area contributed by atoms with Crippen LogP contribution in [0.2, 0.25) is 0 Å². The molecule has 6 heteroatoms. The second kappa shape index (κ2) is 7.42. The van der Waals surface area contributed by atoms with Gasteiger partial charge in [-0.15, -0.1) is 0 Å². The molecule has 4 rings (SSSR count). The molecule has 1 saturated heterocycles. The fraction of sp³-hybridized carbons (Fsp3) is 0.286. The van der Waals surface area contributed by atoms with E-state index in [4.69, 9.17) is 5.21 Å². The summed E-state index contributed by atoms with van der Waals surface area (Å²) in [7, 11) is 2.17. The summed E-state index contributed by atoms with van der Waals surface area (Å²) >= 11 is 0. The lowest BCUT2D eigenvalue weighted by Crippen LogP contribution is -2.44. The molecule has 1 aliphatic rings. The predicted molar refractivity (Wildman–Crippen MR) is 109 cm³/mol. The molecular formula is C21H25N5O. The van der Waals surface area contributed by atoms with Crippen LogP contribution in [0.5, 0.6) is 0 Å². The lowest BCUT2D eigenvalue weighted by atomic mass is 10.1. The van der Waals surface area contributed by atoms with Crippen LogP contribution in [0.1, 0.15) is 11.1 Å². The molecule has 0 aliphatic carbocycles. The molecule has 0 unspecified atom stereocenters. The lowest BCUT2D eigenvalue weighted by molar-refractivity contribution is 0.225. The van der Waals surface area contributed by atoms with Crippen LogP contribution in [0, 0.1) is 0 Å². The normalized spacial score (nSPS) is 15.3. The molecule has 0 radical (unpaired) electrons. The number of hydrogen-bond acceptors (Lipinski definition) is 5. The maximum atomic E-state index is 8.96. The highest BCUT2D eigenvalue weighted by atomic mass is 16.5. The van der Waals surface area contributed by atoms with Crippen molar-refractivity contribution in [3.05, 3.63) is 66.5 Å². The fourth-order valence-electron chi connectivity index (χ4n) is 3.60. The van der Waals surface area contributed by atoms with E-state index in [0.717, 1.165) is 43.9 Å². The number of nitrogens with one attached hydrogen (secondary N) is 1.